The number of carbonyl (C=O) groups is 4. The van der Waals surface area contributed by atoms with Crippen LogP contribution in [0.15, 0.2) is 96.3 Å². The molecule has 3 aromatic carbocycles. The zero-order chi connectivity index (χ0) is 50.7. The topological polar surface area (TPSA) is 174 Å². The first kappa shape index (κ1) is 48.0. The zero-order valence-corrected chi connectivity index (χ0v) is 40.4. The van der Waals surface area contributed by atoms with Gasteiger partial charge >= 0.3 is 11.9 Å². The number of hydrogen-bond donors (Lipinski definition) is 2. The van der Waals surface area contributed by atoms with E-state index >= 15 is 0 Å². The van der Waals surface area contributed by atoms with Gasteiger partial charge in [-0.2, -0.15) is 13.2 Å². The van der Waals surface area contributed by atoms with E-state index in [9.17, 15) is 42.3 Å². The van der Waals surface area contributed by atoms with Crippen LogP contribution in [-0.4, -0.2) is 126 Å². The summed E-state index contributed by atoms with van der Waals surface area (Å²) in [7, 11) is 1.68. The molecular weight excluding hydrogens is 944 g/mol. The molecule has 4 fully saturated rings. The molecule has 1 unspecified atom stereocenters. The molecule has 0 radical (unpaired) electrons. The van der Waals surface area contributed by atoms with Gasteiger partial charge in [0.1, 0.15) is 18.5 Å². The molecule has 0 saturated carbocycles. The second-order valence-electron chi connectivity index (χ2n) is 20.1. The van der Waals surface area contributed by atoms with Crippen molar-refractivity contribution in [2.75, 3.05) is 62.2 Å². The lowest BCUT2D eigenvalue weighted by atomic mass is 9.78. The van der Waals surface area contributed by atoms with Gasteiger partial charge in [-0.3, -0.25) is 38.4 Å². The Bertz CT molecular complexity index is 3160. The molecule has 3 aromatic heterocycles. The van der Waals surface area contributed by atoms with Gasteiger partial charge < -0.3 is 29.3 Å². The summed E-state index contributed by atoms with van der Waals surface area (Å²) in [6.45, 7) is 6.46. The number of aliphatic hydroxyl groups excluding tert-OH is 1. The quantitative estimate of drug-likeness (QED) is 0.174. The maximum atomic E-state index is 14.6. The van der Waals surface area contributed by atoms with E-state index in [2.05, 4.69) is 30.2 Å². The Hall–Kier alpha value is -7.32. The number of likely N-dealkylation sites (tertiary alicyclic amines) is 2. The van der Waals surface area contributed by atoms with E-state index in [0.29, 0.717) is 78.9 Å². The van der Waals surface area contributed by atoms with Crippen LogP contribution in [0.3, 0.4) is 0 Å². The minimum absolute atomic E-state index is 0.0196. The molecule has 0 spiro atoms. The Labute approximate surface area is 418 Å². The second kappa shape index (κ2) is 19.3. The van der Waals surface area contributed by atoms with E-state index in [1.54, 1.807) is 40.8 Å². The molecule has 4 amide bonds. The summed E-state index contributed by atoms with van der Waals surface area (Å²) in [5.74, 6) is 0.283. The fourth-order valence-corrected chi connectivity index (χ4v) is 11.7. The number of imide groups is 1. The van der Waals surface area contributed by atoms with Crippen LogP contribution < -0.4 is 20.8 Å². The number of nitrogens with zero attached hydrogens (tertiary/aromatic N) is 10. The predicted molar refractivity (Wildman–Crippen MR) is 263 cm³/mol. The molecule has 5 aliphatic heterocycles. The number of aryl methyl sites for hydroxylation is 1. The number of piperazine rings is 1. The minimum Gasteiger partial charge on any atom is -0.380 e. The normalized spacial score (nSPS) is 20.0. The maximum Gasteiger partial charge on any atom is 0.418 e. The lowest BCUT2D eigenvalue weighted by molar-refractivity contribution is -0.137. The van der Waals surface area contributed by atoms with Crippen molar-refractivity contribution in [3.05, 3.63) is 141 Å². The van der Waals surface area contributed by atoms with E-state index in [1.807, 2.05) is 47.4 Å². The third-order valence-electron chi connectivity index (χ3n) is 15.7. The van der Waals surface area contributed by atoms with Crippen LogP contribution in [0.5, 0.6) is 0 Å². The molecule has 11 rings (SSSR count). The Balaban J connectivity index is 0.656. The van der Waals surface area contributed by atoms with Crippen LogP contribution in [0.4, 0.5) is 24.5 Å². The van der Waals surface area contributed by atoms with E-state index in [4.69, 9.17) is 0 Å². The predicted octanol–water partition coefficient (Wildman–Crippen LogP) is 5.17. The van der Waals surface area contributed by atoms with Gasteiger partial charge in [0, 0.05) is 101 Å². The number of imidazole rings is 1. The fraction of sp³-hybridized carbons (Fsp3) is 0.415. The fourth-order valence-electron chi connectivity index (χ4n) is 11.7. The van der Waals surface area contributed by atoms with E-state index in [0.717, 1.165) is 79.3 Å². The van der Waals surface area contributed by atoms with Crippen molar-refractivity contribution in [1.82, 2.24) is 43.7 Å². The number of amides is 4. The number of carbonyl (C=O) groups excluding carboxylic acids is 4. The highest BCUT2D eigenvalue weighted by Crippen LogP contribution is 2.37. The number of fused-ring (bicyclic) bond motifs is 2. The van der Waals surface area contributed by atoms with Gasteiger partial charge in [-0.05, 0) is 134 Å². The van der Waals surface area contributed by atoms with Crippen molar-refractivity contribution < 1.29 is 37.5 Å². The first-order chi connectivity index (χ1) is 35.2. The first-order valence-electron chi connectivity index (χ1n) is 25.0. The van der Waals surface area contributed by atoms with Crippen LogP contribution in [0.1, 0.15) is 93.4 Å². The molecule has 8 heterocycles. The van der Waals surface area contributed by atoms with Gasteiger partial charge in [0.25, 0.3) is 11.8 Å². The number of alkyl halides is 3. The van der Waals surface area contributed by atoms with Gasteiger partial charge in [-0.15, -0.1) is 10.2 Å². The Kier molecular flexibility index (Phi) is 12.7. The lowest BCUT2D eigenvalue weighted by Crippen LogP contribution is -2.52. The standard InChI is InChI=1S/C53H56F3N11O6/c1-60-32-57-59-48(60)47(69)37-3-2-4-41(26-37)65-31-45-43(53(54,55)56)25-33(29-67(45)52(65)73)28-61-17-13-34(14-18-61)35-15-19-64(20-16-35)50(71)36-5-7-39(8-6-36)62-21-23-63(24-22-62)40-9-10-42-38(27-40)30-66(51(42)72)44-11-12-46(68)58-49(44)70/h2-10,25-27,29,31-32,34-35,44,47,69H,11-24,28,30H2,1H3,(H,58,68,70)/t44?,47-/m1/s1. The van der Waals surface area contributed by atoms with Crippen LogP contribution >= 0.6 is 0 Å². The molecule has 380 valence electrons. The average molecular weight is 1000 g/mol. The van der Waals surface area contributed by atoms with Gasteiger partial charge in [0.15, 0.2) is 5.82 Å². The number of aromatic nitrogens is 5. The Morgan fingerprint density at radius 2 is 1.48 bits per heavy atom. The van der Waals surface area contributed by atoms with Crippen molar-refractivity contribution in [3.63, 3.8) is 0 Å². The molecular formula is C53H56F3N11O6. The highest BCUT2D eigenvalue weighted by Gasteiger charge is 2.40. The van der Waals surface area contributed by atoms with Crippen LogP contribution in [-0.2, 0) is 35.9 Å². The number of halogens is 3. The second-order valence-corrected chi connectivity index (χ2v) is 20.1. The van der Waals surface area contributed by atoms with Gasteiger partial charge in [0.05, 0.1) is 16.8 Å². The summed E-state index contributed by atoms with van der Waals surface area (Å²) in [4.78, 5) is 75.1. The SMILES string of the molecule is Cn1cnnc1[C@H](O)c1cccc(-n2cc3c(C(F)(F)F)cc(CN4CCC(C5CCN(C(=O)c6ccc(N7CCN(c8ccc9c(c8)CN(C8CCC(=O)NC8=O)C9=O)CC7)cc6)CC5)CC4)cn3c2=O)c1. The molecule has 17 nitrogen and oxygen atoms in total. The number of piperidine rings is 3. The number of benzene rings is 3. The molecule has 2 atom stereocenters. The highest BCUT2D eigenvalue weighted by molar-refractivity contribution is 6.05. The summed E-state index contributed by atoms with van der Waals surface area (Å²) >= 11 is 0. The summed E-state index contributed by atoms with van der Waals surface area (Å²) in [6, 6.07) is 20.6. The van der Waals surface area contributed by atoms with Gasteiger partial charge in [-0.25, -0.2) is 4.79 Å². The molecule has 4 saturated heterocycles. The van der Waals surface area contributed by atoms with Crippen LogP contribution in [0.25, 0.3) is 11.2 Å². The smallest absolute Gasteiger partial charge is 0.380 e. The minimum atomic E-state index is -4.71. The third-order valence-corrected chi connectivity index (χ3v) is 15.7. The largest absolute Gasteiger partial charge is 0.418 e. The molecule has 20 heteroatoms. The van der Waals surface area contributed by atoms with Crippen LogP contribution in [0.2, 0.25) is 0 Å². The highest BCUT2D eigenvalue weighted by atomic mass is 19.4. The number of hydrogen-bond acceptors (Lipinski definition) is 11. The third kappa shape index (κ3) is 9.37. The summed E-state index contributed by atoms with van der Waals surface area (Å²) in [5, 5.41) is 21.1. The molecule has 5 aliphatic rings. The van der Waals surface area contributed by atoms with Gasteiger partial charge in [0.2, 0.25) is 11.8 Å². The maximum absolute atomic E-state index is 14.6. The Morgan fingerprint density at radius 3 is 2.15 bits per heavy atom. The molecule has 73 heavy (non-hydrogen) atoms. The van der Waals surface area contributed by atoms with Crippen molar-refractivity contribution in [2.24, 2.45) is 18.9 Å². The molecule has 6 aromatic rings. The lowest BCUT2D eigenvalue weighted by Gasteiger charge is -2.40. The van der Waals surface area contributed by atoms with Gasteiger partial charge in [-0.1, -0.05) is 12.1 Å². The van der Waals surface area contributed by atoms with Crippen molar-refractivity contribution >= 4 is 40.5 Å². The average Bonchev–Trinajstić information content (AvgIpc) is 4.09. The van der Waals surface area contributed by atoms with Crippen LogP contribution in [0, 0.1) is 11.8 Å². The number of pyridine rings is 1. The van der Waals surface area contributed by atoms with E-state index in [1.165, 1.54) is 23.3 Å². The molecule has 0 aliphatic carbocycles. The monoisotopic (exact) mass is 999 g/mol. The number of nitrogens with one attached hydrogen (secondary N) is 1. The summed E-state index contributed by atoms with van der Waals surface area (Å²) in [5.41, 5.74) is 3.49. The zero-order valence-electron chi connectivity index (χ0n) is 40.4. The molecule has 0 bridgehead atoms. The van der Waals surface area contributed by atoms with E-state index in [-0.39, 0.29) is 42.0 Å². The summed E-state index contributed by atoms with van der Waals surface area (Å²) in [6.07, 6.45) is 2.40. The van der Waals surface area contributed by atoms with Crippen molar-refractivity contribution in [3.8, 4) is 5.69 Å². The molecule has 2 N–H and O–H groups in total. The number of aliphatic hydroxyl groups is 1. The number of anilines is 2. The van der Waals surface area contributed by atoms with E-state index < -0.39 is 35.5 Å². The first-order valence-corrected chi connectivity index (χ1v) is 25.0. The number of rotatable bonds is 10. The van der Waals surface area contributed by atoms with Crippen molar-refractivity contribution in [1.29, 1.82) is 0 Å². The Morgan fingerprint density at radius 1 is 0.795 bits per heavy atom. The van der Waals surface area contributed by atoms with Crippen molar-refractivity contribution in [2.45, 2.75) is 69.9 Å². The summed E-state index contributed by atoms with van der Waals surface area (Å²) < 4.78 is 47.6.